The summed E-state index contributed by atoms with van der Waals surface area (Å²) in [5.74, 6) is -0.145. The average Bonchev–Trinajstić information content (AvgIpc) is 3.17. The zero-order chi connectivity index (χ0) is 16.2. The molecule has 0 saturated carbocycles. The third kappa shape index (κ3) is 3.20. The number of amides is 1. The van der Waals surface area contributed by atoms with Crippen molar-refractivity contribution >= 4 is 22.5 Å². The van der Waals surface area contributed by atoms with Crippen molar-refractivity contribution in [1.29, 1.82) is 0 Å². The van der Waals surface area contributed by atoms with Crippen LogP contribution in [0.3, 0.4) is 0 Å². The van der Waals surface area contributed by atoms with Crippen LogP contribution in [0, 0.1) is 10.1 Å². The molecule has 1 aromatic carbocycles. The van der Waals surface area contributed by atoms with E-state index < -0.39 is 4.92 Å². The van der Waals surface area contributed by atoms with Crippen LogP contribution in [-0.4, -0.2) is 31.9 Å². The minimum atomic E-state index is -0.420. The van der Waals surface area contributed by atoms with E-state index in [0.717, 1.165) is 5.69 Å². The van der Waals surface area contributed by atoms with Crippen LogP contribution in [0.5, 0.6) is 0 Å². The Bertz CT molecular complexity index is 838. The largest absolute Gasteiger partial charge is 0.354 e. The molecule has 8 nitrogen and oxygen atoms in total. The van der Waals surface area contributed by atoms with Gasteiger partial charge in [0, 0.05) is 37.1 Å². The van der Waals surface area contributed by atoms with Gasteiger partial charge in [-0.2, -0.15) is 0 Å². The summed E-state index contributed by atoms with van der Waals surface area (Å²) in [5, 5.41) is 14.4. The van der Waals surface area contributed by atoms with E-state index >= 15 is 0 Å². The van der Waals surface area contributed by atoms with Crippen molar-refractivity contribution in [3.63, 3.8) is 0 Å². The van der Waals surface area contributed by atoms with Gasteiger partial charge in [0.15, 0.2) is 0 Å². The van der Waals surface area contributed by atoms with Gasteiger partial charge < -0.3 is 14.9 Å². The Labute approximate surface area is 131 Å². The fourth-order valence-electron chi connectivity index (χ4n) is 2.47. The average molecular weight is 313 g/mol. The number of aromatic nitrogens is 3. The van der Waals surface area contributed by atoms with Crippen LogP contribution in [-0.2, 0) is 17.8 Å². The molecule has 1 amide bonds. The smallest absolute Gasteiger partial charge is 0.278 e. The number of non-ortho nitro benzene ring substituents is 1. The molecule has 0 aliphatic heterocycles. The molecule has 0 radical (unpaired) electrons. The molecule has 2 heterocycles. The number of hydrogen-bond donors (Lipinski definition) is 2. The number of rotatable bonds is 6. The second-order valence-electron chi connectivity index (χ2n) is 5.09. The number of nitro benzene ring substituents is 1. The van der Waals surface area contributed by atoms with Crippen molar-refractivity contribution in [2.75, 3.05) is 6.54 Å². The maximum absolute atomic E-state index is 12.0. The fourth-order valence-corrected chi connectivity index (χ4v) is 2.47. The number of nitrogens with one attached hydrogen (secondary N) is 2. The highest BCUT2D eigenvalue weighted by Gasteiger charge is 2.14. The van der Waals surface area contributed by atoms with E-state index in [1.54, 1.807) is 41.5 Å². The number of fused-ring (bicyclic) bond motifs is 1. The van der Waals surface area contributed by atoms with Gasteiger partial charge in [0.25, 0.3) is 5.69 Å². The SMILES string of the molecule is O=C(Cn1ccc2c([N+](=O)[O-])cccc21)NCCc1cnc[nH]1. The summed E-state index contributed by atoms with van der Waals surface area (Å²) in [5.41, 5.74) is 1.66. The molecule has 0 atom stereocenters. The Hall–Kier alpha value is -3.16. The highest BCUT2D eigenvalue weighted by molar-refractivity contribution is 5.90. The first-order valence-corrected chi connectivity index (χ1v) is 7.11. The number of carbonyl (C=O) groups excluding carboxylic acids is 1. The van der Waals surface area contributed by atoms with E-state index in [-0.39, 0.29) is 18.1 Å². The third-order valence-corrected chi connectivity index (χ3v) is 3.57. The molecule has 0 bridgehead atoms. The molecule has 8 heteroatoms. The lowest BCUT2D eigenvalue weighted by atomic mass is 10.2. The van der Waals surface area contributed by atoms with Gasteiger partial charge in [0.05, 0.1) is 22.2 Å². The highest BCUT2D eigenvalue weighted by Crippen LogP contribution is 2.26. The molecule has 118 valence electrons. The second-order valence-corrected chi connectivity index (χ2v) is 5.09. The number of aromatic amines is 1. The number of H-pyrrole nitrogens is 1. The highest BCUT2D eigenvalue weighted by atomic mass is 16.6. The zero-order valence-electron chi connectivity index (χ0n) is 12.2. The van der Waals surface area contributed by atoms with Crippen LogP contribution in [0.1, 0.15) is 5.69 Å². The molecule has 23 heavy (non-hydrogen) atoms. The van der Waals surface area contributed by atoms with Crippen LogP contribution >= 0.6 is 0 Å². The second kappa shape index (κ2) is 6.30. The van der Waals surface area contributed by atoms with E-state index in [4.69, 9.17) is 0 Å². The monoisotopic (exact) mass is 313 g/mol. The maximum atomic E-state index is 12.0. The minimum absolute atomic E-state index is 0.0425. The molecule has 3 rings (SSSR count). The summed E-state index contributed by atoms with van der Waals surface area (Å²) >= 11 is 0. The van der Waals surface area contributed by atoms with Gasteiger partial charge in [0.2, 0.25) is 5.91 Å². The summed E-state index contributed by atoms with van der Waals surface area (Å²) in [7, 11) is 0. The normalized spacial score (nSPS) is 10.8. The molecule has 0 fully saturated rings. The molecular weight excluding hydrogens is 298 g/mol. The van der Waals surface area contributed by atoms with Gasteiger partial charge in [-0.25, -0.2) is 4.98 Å². The lowest BCUT2D eigenvalue weighted by Gasteiger charge is -2.07. The van der Waals surface area contributed by atoms with Crippen LogP contribution in [0.2, 0.25) is 0 Å². The van der Waals surface area contributed by atoms with Gasteiger partial charge in [-0.1, -0.05) is 6.07 Å². The Balaban J connectivity index is 1.65. The summed E-state index contributed by atoms with van der Waals surface area (Å²) in [4.78, 5) is 29.5. The summed E-state index contributed by atoms with van der Waals surface area (Å²) in [6, 6.07) is 6.50. The molecule has 0 aliphatic carbocycles. The topological polar surface area (TPSA) is 106 Å². The number of carbonyl (C=O) groups is 1. The van der Waals surface area contributed by atoms with E-state index in [9.17, 15) is 14.9 Å². The Morgan fingerprint density at radius 1 is 1.39 bits per heavy atom. The summed E-state index contributed by atoms with van der Waals surface area (Å²) in [6.45, 7) is 0.619. The zero-order valence-corrected chi connectivity index (χ0v) is 12.2. The molecular formula is C15H15N5O3. The Morgan fingerprint density at radius 3 is 3.00 bits per heavy atom. The van der Waals surface area contributed by atoms with Crippen molar-refractivity contribution in [2.24, 2.45) is 0 Å². The third-order valence-electron chi connectivity index (χ3n) is 3.57. The van der Waals surface area contributed by atoms with Gasteiger partial charge >= 0.3 is 0 Å². The lowest BCUT2D eigenvalue weighted by Crippen LogP contribution is -2.29. The van der Waals surface area contributed by atoms with Gasteiger partial charge in [0.1, 0.15) is 6.54 Å². The number of nitrogens with zero attached hydrogens (tertiary/aromatic N) is 3. The first-order chi connectivity index (χ1) is 11.1. The van der Waals surface area contributed by atoms with E-state index in [2.05, 4.69) is 15.3 Å². The van der Waals surface area contributed by atoms with Crippen molar-refractivity contribution in [3.8, 4) is 0 Å². The van der Waals surface area contributed by atoms with Crippen molar-refractivity contribution in [2.45, 2.75) is 13.0 Å². The number of benzene rings is 1. The van der Waals surface area contributed by atoms with Crippen molar-refractivity contribution in [3.05, 3.63) is 58.8 Å². The first-order valence-electron chi connectivity index (χ1n) is 7.11. The fraction of sp³-hybridized carbons (Fsp3) is 0.200. The predicted octanol–water partition coefficient (Wildman–Crippen LogP) is 1.63. The lowest BCUT2D eigenvalue weighted by molar-refractivity contribution is -0.383. The molecule has 0 aliphatic rings. The van der Waals surface area contributed by atoms with Crippen molar-refractivity contribution < 1.29 is 9.72 Å². The summed E-state index contributed by atoms with van der Waals surface area (Å²) in [6.07, 6.45) is 5.66. The van der Waals surface area contributed by atoms with E-state index in [0.29, 0.717) is 23.9 Å². The van der Waals surface area contributed by atoms with Crippen LogP contribution < -0.4 is 5.32 Å². The minimum Gasteiger partial charge on any atom is -0.354 e. The molecule has 2 N–H and O–H groups in total. The Morgan fingerprint density at radius 2 is 2.26 bits per heavy atom. The van der Waals surface area contributed by atoms with Gasteiger partial charge in [-0.05, 0) is 12.1 Å². The quantitative estimate of drug-likeness (QED) is 0.533. The standard InChI is InChI=1S/C15H15N5O3/c21-15(17-6-4-11-8-16-10-18-11)9-19-7-5-12-13(19)2-1-3-14(12)20(22)23/h1-3,5,7-8,10H,4,6,9H2,(H,16,18)(H,17,21). The maximum Gasteiger partial charge on any atom is 0.278 e. The van der Waals surface area contributed by atoms with Gasteiger partial charge in [-0.15, -0.1) is 0 Å². The molecule has 3 aromatic rings. The van der Waals surface area contributed by atoms with Crippen LogP contribution in [0.4, 0.5) is 5.69 Å². The van der Waals surface area contributed by atoms with E-state index in [1.807, 2.05) is 0 Å². The molecule has 0 unspecified atom stereocenters. The number of hydrogen-bond acceptors (Lipinski definition) is 4. The number of imidazole rings is 1. The predicted molar refractivity (Wildman–Crippen MR) is 83.9 cm³/mol. The Kier molecular flexibility index (Phi) is 4.05. The summed E-state index contributed by atoms with van der Waals surface area (Å²) < 4.78 is 1.70. The number of nitro groups is 1. The molecule has 0 spiro atoms. The van der Waals surface area contributed by atoms with Crippen LogP contribution in [0.25, 0.3) is 10.9 Å². The van der Waals surface area contributed by atoms with Crippen molar-refractivity contribution in [1.82, 2.24) is 19.9 Å². The first kappa shape index (κ1) is 14.8. The van der Waals surface area contributed by atoms with Gasteiger partial charge in [-0.3, -0.25) is 14.9 Å². The van der Waals surface area contributed by atoms with Crippen LogP contribution in [0.15, 0.2) is 43.0 Å². The molecule has 0 saturated heterocycles. The van der Waals surface area contributed by atoms with E-state index in [1.165, 1.54) is 6.07 Å². The molecule has 2 aromatic heterocycles.